The molecule has 1 N–H and O–H groups in total. The van der Waals surface area contributed by atoms with Gasteiger partial charge in [0.25, 0.3) is 5.56 Å². The summed E-state index contributed by atoms with van der Waals surface area (Å²) < 4.78 is 24.8. The molecule has 0 saturated carbocycles. The summed E-state index contributed by atoms with van der Waals surface area (Å²) in [7, 11) is -2.87. The molecule has 1 aliphatic heterocycles. The van der Waals surface area contributed by atoms with E-state index in [2.05, 4.69) is 5.32 Å². The molecule has 0 amide bonds. The Morgan fingerprint density at radius 3 is 2.89 bits per heavy atom. The summed E-state index contributed by atoms with van der Waals surface area (Å²) in [6, 6.07) is 5.03. The van der Waals surface area contributed by atoms with Gasteiger partial charge in [0.1, 0.15) is 0 Å². The largest absolute Gasteiger partial charge is 0.314 e. The zero-order valence-corrected chi connectivity index (χ0v) is 11.0. The normalized spacial score (nSPS) is 22.1. The standard InChI is InChI=1S/C12H18N2O3S/c15-12-5-1-2-7-14(12)8-6-13-10-11-4-3-9-18(11,16)17/h1-2,5,7,11,13H,3-4,6,8-10H2. The third-order valence-corrected chi connectivity index (χ3v) is 5.54. The first kappa shape index (κ1) is 13.3. The highest BCUT2D eigenvalue weighted by molar-refractivity contribution is 7.92. The van der Waals surface area contributed by atoms with Crippen LogP contribution in [0.2, 0.25) is 0 Å². The van der Waals surface area contributed by atoms with Crippen molar-refractivity contribution in [1.29, 1.82) is 0 Å². The molecule has 1 atom stereocenters. The van der Waals surface area contributed by atoms with Crippen LogP contribution in [0.25, 0.3) is 0 Å². The molecular weight excluding hydrogens is 252 g/mol. The highest BCUT2D eigenvalue weighted by atomic mass is 32.2. The lowest BCUT2D eigenvalue weighted by molar-refractivity contribution is 0.552. The molecule has 6 heteroatoms. The van der Waals surface area contributed by atoms with Crippen molar-refractivity contribution in [3.8, 4) is 0 Å². The fourth-order valence-corrected chi connectivity index (χ4v) is 4.00. The minimum absolute atomic E-state index is 0.0345. The van der Waals surface area contributed by atoms with Gasteiger partial charge < -0.3 is 9.88 Å². The highest BCUT2D eigenvalue weighted by Crippen LogP contribution is 2.18. The molecule has 2 rings (SSSR count). The summed E-state index contributed by atoms with van der Waals surface area (Å²) in [6.45, 7) is 1.66. The quantitative estimate of drug-likeness (QED) is 0.766. The zero-order valence-electron chi connectivity index (χ0n) is 10.2. The van der Waals surface area contributed by atoms with Crippen LogP contribution in [-0.4, -0.2) is 37.1 Å². The monoisotopic (exact) mass is 270 g/mol. The van der Waals surface area contributed by atoms with E-state index in [4.69, 9.17) is 0 Å². The molecule has 1 aromatic heterocycles. The van der Waals surface area contributed by atoms with Crippen LogP contribution in [0.4, 0.5) is 0 Å². The molecule has 5 nitrogen and oxygen atoms in total. The first-order valence-corrected chi connectivity index (χ1v) is 7.89. The molecule has 1 fully saturated rings. The Bertz CT molecular complexity index is 550. The maximum absolute atomic E-state index is 11.6. The van der Waals surface area contributed by atoms with Gasteiger partial charge in [0, 0.05) is 31.9 Å². The fourth-order valence-electron chi connectivity index (χ4n) is 2.20. The van der Waals surface area contributed by atoms with Gasteiger partial charge in [0.15, 0.2) is 9.84 Å². The van der Waals surface area contributed by atoms with Crippen molar-refractivity contribution in [1.82, 2.24) is 9.88 Å². The van der Waals surface area contributed by atoms with Gasteiger partial charge in [-0.1, -0.05) is 6.07 Å². The Hall–Kier alpha value is -1.14. The SMILES string of the molecule is O=c1ccccn1CCNCC1CCCS1(=O)=O. The summed E-state index contributed by atoms with van der Waals surface area (Å²) in [4.78, 5) is 11.4. The third kappa shape index (κ3) is 3.20. The Labute approximate surface area is 107 Å². The van der Waals surface area contributed by atoms with E-state index in [1.807, 2.05) is 6.07 Å². The van der Waals surface area contributed by atoms with Gasteiger partial charge in [-0.3, -0.25) is 4.79 Å². The van der Waals surface area contributed by atoms with Crippen molar-refractivity contribution in [2.45, 2.75) is 24.6 Å². The van der Waals surface area contributed by atoms with Crippen LogP contribution in [0, 0.1) is 0 Å². The second-order valence-electron chi connectivity index (χ2n) is 4.57. The van der Waals surface area contributed by atoms with Crippen molar-refractivity contribution >= 4 is 9.84 Å². The van der Waals surface area contributed by atoms with Crippen LogP contribution >= 0.6 is 0 Å². The molecule has 0 aromatic carbocycles. The molecule has 0 aliphatic carbocycles. The summed E-state index contributed by atoms with van der Waals surface area (Å²) in [5, 5.41) is 2.87. The third-order valence-electron chi connectivity index (χ3n) is 3.26. The van der Waals surface area contributed by atoms with Crippen molar-refractivity contribution in [3.63, 3.8) is 0 Å². The van der Waals surface area contributed by atoms with Gasteiger partial charge in [-0.05, 0) is 18.9 Å². The topological polar surface area (TPSA) is 68.2 Å². The average molecular weight is 270 g/mol. The van der Waals surface area contributed by atoms with Crippen molar-refractivity contribution in [3.05, 3.63) is 34.7 Å². The van der Waals surface area contributed by atoms with Gasteiger partial charge in [0.2, 0.25) is 0 Å². The molecule has 100 valence electrons. The van der Waals surface area contributed by atoms with E-state index in [1.54, 1.807) is 16.8 Å². The first-order chi connectivity index (χ1) is 8.59. The second-order valence-corrected chi connectivity index (χ2v) is 6.97. The van der Waals surface area contributed by atoms with E-state index in [-0.39, 0.29) is 10.8 Å². The van der Waals surface area contributed by atoms with Crippen molar-refractivity contribution in [2.24, 2.45) is 0 Å². The van der Waals surface area contributed by atoms with Gasteiger partial charge in [-0.2, -0.15) is 0 Å². The van der Waals surface area contributed by atoms with E-state index in [0.29, 0.717) is 25.4 Å². The number of rotatable bonds is 5. The van der Waals surface area contributed by atoms with Crippen LogP contribution in [0.3, 0.4) is 0 Å². The predicted octanol–water partition coefficient (Wildman–Crippen LogP) is 0.0151. The Morgan fingerprint density at radius 1 is 1.39 bits per heavy atom. The number of nitrogens with zero attached hydrogens (tertiary/aromatic N) is 1. The van der Waals surface area contributed by atoms with Crippen LogP contribution < -0.4 is 10.9 Å². The van der Waals surface area contributed by atoms with Crippen LogP contribution in [0.5, 0.6) is 0 Å². The molecule has 1 saturated heterocycles. The van der Waals surface area contributed by atoms with Gasteiger partial charge >= 0.3 is 0 Å². The lowest BCUT2D eigenvalue weighted by atomic mass is 10.2. The Balaban J connectivity index is 1.77. The van der Waals surface area contributed by atoms with Crippen LogP contribution in [0.1, 0.15) is 12.8 Å². The summed E-state index contributed by atoms with van der Waals surface area (Å²) in [5.74, 6) is 0.317. The van der Waals surface area contributed by atoms with Gasteiger partial charge in [-0.25, -0.2) is 8.42 Å². The minimum Gasteiger partial charge on any atom is -0.314 e. The molecule has 2 heterocycles. The summed E-state index contributed by atoms with van der Waals surface area (Å²) in [6.07, 6.45) is 3.25. The average Bonchev–Trinajstić information content (AvgIpc) is 2.66. The molecule has 1 aromatic rings. The number of sulfone groups is 1. The number of hydrogen-bond acceptors (Lipinski definition) is 4. The molecule has 18 heavy (non-hydrogen) atoms. The molecule has 0 radical (unpaired) electrons. The number of pyridine rings is 1. The number of nitrogens with one attached hydrogen (secondary N) is 1. The van der Waals surface area contributed by atoms with Crippen LogP contribution in [0.15, 0.2) is 29.2 Å². The van der Waals surface area contributed by atoms with E-state index < -0.39 is 9.84 Å². The van der Waals surface area contributed by atoms with E-state index in [0.717, 1.165) is 12.8 Å². The fraction of sp³-hybridized carbons (Fsp3) is 0.583. The van der Waals surface area contributed by atoms with E-state index in [9.17, 15) is 13.2 Å². The van der Waals surface area contributed by atoms with Crippen molar-refractivity contribution in [2.75, 3.05) is 18.8 Å². The summed E-state index contributed by atoms with van der Waals surface area (Å²) in [5.41, 5.74) is -0.0345. The lowest BCUT2D eigenvalue weighted by Gasteiger charge is -2.11. The van der Waals surface area contributed by atoms with E-state index in [1.165, 1.54) is 6.07 Å². The van der Waals surface area contributed by atoms with E-state index >= 15 is 0 Å². The first-order valence-electron chi connectivity index (χ1n) is 6.17. The van der Waals surface area contributed by atoms with Gasteiger partial charge in [-0.15, -0.1) is 0 Å². The predicted molar refractivity (Wildman–Crippen MR) is 70.4 cm³/mol. The van der Waals surface area contributed by atoms with Crippen LogP contribution in [-0.2, 0) is 16.4 Å². The molecular formula is C12H18N2O3S. The van der Waals surface area contributed by atoms with Gasteiger partial charge in [0.05, 0.1) is 11.0 Å². The molecule has 0 bridgehead atoms. The molecule has 0 spiro atoms. The Kier molecular flexibility index (Phi) is 4.19. The maximum atomic E-state index is 11.6. The highest BCUT2D eigenvalue weighted by Gasteiger charge is 2.30. The number of hydrogen-bond donors (Lipinski definition) is 1. The number of aromatic nitrogens is 1. The zero-order chi connectivity index (χ0) is 13.0. The summed E-state index contributed by atoms with van der Waals surface area (Å²) >= 11 is 0. The molecule has 1 aliphatic rings. The second kappa shape index (κ2) is 5.67. The smallest absolute Gasteiger partial charge is 0.250 e. The maximum Gasteiger partial charge on any atom is 0.250 e. The Morgan fingerprint density at radius 2 is 2.22 bits per heavy atom. The lowest BCUT2D eigenvalue weighted by Crippen LogP contribution is -2.33. The van der Waals surface area contributed by atoms with Crippen molar-refractivity contribution < 1.29 is 8.42 Å². The minimum atomic E-state index is -2.87. The molecule has 1 unspecified atom stereocenters.